The molecule has 0 bridgehead atoms. The highest BCUT2D eigenvalue weighted by Crippen LogP contribution is 2.16. The average Bonchev–Trinajstić information content (AvgIpc) is 2.56. The first-order valence-electron chi connectivity index (χ1n) is 3.98. The van der Waals surface area contributed by atoms with Crippen molar-refractivity contribution in [3.8, 4) is 5.69 Å². The number of hydrogen-bond donors (Lipinski definition) is 1. The van der Waals surface area contributed by atoms with E-state index in [0.717, 1.165) is 11.3 Å². The van der Waals surface area contributed by atoms with Gasteiger partial charge in [-0.15, -0.1) is 0 Å². The number of hydrogen-bond acceptors (Lipinski definition) is 3. The molecular weight excluding hydrogens is 164 g/mol. The molecule has 0 saturated carbocycles. The zero-order valence-electron chi connectivity index (χ0n) is 7.31. The van der Waals surface area contributed by atoms with Crippen molar-refractivity contribution in [1.82, 2.24) is 14.8 Å². The van der Waals surface area contributed by atoms with E-state index in [1.54, 1.807) is 11.0 Å². The first-order valence-corrected chi connectivity index (χ1v) is 3.98. The molecule has 0 unspecified atom stereocenters. The van der Waals surface area contributed by atoms with Gasteiger partial charge in [0.05, 0.1) is 11.4 Å². The molecule has 4 nitrogen and oxygen atoms in total. The minimum atomic E-state index is 0.713. The molecule has 0 atom stereocenters. The Bertz CT molecular complexity index is 406. The maximum atomic E-state index is 5.82. The summed E-state index contributed by atoms with van der Waals surface area (Å²) in [6, 6.07) is 5.84. The van der Waals surface area contributed by atoms with Crippen LogP contribution in [0.15, 0.2) is 30.9 Å². The predicted octanol–water partition coefficient (Wildman–Crippen LogP) is 1.16. The van der Waals surface area contributed by atoms with E-state index in [9.17, 15) is 0 Å². The zero-order chi connectivity index (χ0) is 9.26. The summed E-state index contributed by atoms with van der Waals surface area (Å²) in [5, 5.41) is 4.00. The SMILES string of the molecule is Cc1ccc(-n2cncn2)c(N)c1. The number of nitrogens with zero attached hydrogens (tertiary/aromatic N) is 3. The van der Waals surface area contributed by atoms with Gasteiger partial charge in [-0.3, -0.25) is 0 Å². The van der Waals surface area contributed by atoms with Gasteiger partial charge < -0.3 is 5.73 Å². The molecule has 0 saturated heterocycles. The summed E-state index contributed by atoms with van der Waals surface area (Å²) < 4.78 is 1.65. The molecule has 0 aliphatic carbocycles. The molecule has 2 N–H and O–H groups in total. The second-order valence-corrected chi connectivity index (χ2v) is 2.90. The molecule has 0 radical (unpaired) electrons. The zero-order valence-corrected chi connectivity index (χ0v) is 7.31. The van der Waals surface area contributed by atoms with Crippen molar-refractivity contribution >= 4 is 5.69 Å². The fourth-order valence-electron chi connectivity index (χ4n) is 1.22. The Morgan fingerprint density at radius 3 is 2.85 bits per heavy atom. The smallest absolute Gasteiger partial charge is 0.138 e. The lowest BCUT2D eigenvalue weighted by Gasteiger charge is -2.04. The largest absolute Gasteiger partial charge is 0.397 e. The Morgan fingerprint density at radius 1 is 1.38 bits per heavy atom. The van der Waals surface area contributed by atoms with Crippen molar-refractivity contribution in [2.24, 2.45) is 0 Å². The summed E-state index contributed by atoms with van der Waals surface area (Å²) in [5.74, 6) is 0. The molecule has 1 aromatic heterocycles. The summed E-state index contributed by atoms with van der Waals surface area (Å²) in [6.07, 6.45) is 3.11. The van der Waals surface area contributed by atoms with Crippen molar-refractivity contribution in [1.29, 1.82) is 0 Å². The second-order valence-electron chi connectivity index (χ2n) is 2.90. The number of nitrogens with two attached hydrogens (primary N) is 1. The van der Waals surface area contributed by atoms with Gasteiger partial charge in [-0.25, -0.2) is 9.67 Å². The number of aryl methyl sites for hydroxylation is 1. The lowest BCUT2D eigenvalue weighted by Crippen LogP contribution is -2.00. The average molecular weight is 174 g/mol. The standard InChI is InChI=1S/C9H10N4/c1-7-2-3-9(8(10)4-7)13-6-11-5-12-13/h2-6H,10H2,1H3. The lowest BCUT2D eigenvalue weighted by molar-refractivity contribution is 0.881. The number of anilines is 1. The van der Waals surface area contributed by atoms with Crippen LogP contribution < -0.4 is 5.73 Å². The number of benzene rings is 1. The van der Waals surface area contributed by atoms with Crippen LogP contribution in [0.5, 0.6) is 0 Å². The van der Waals surface area contributed by atoms with Crippen LogP contribution in [0, 0.1) is 6.92 Å². The van der Waals surface area contributed by atoms with Crippen LogP contribution in [0.4, 0.5) is 5.69 Å². The lowest BCUT2D eigenvalue weighted by atomic mass is 10.2. The van der Waals surface area contributed by atoms with Crippen molar-refractivity contribution in [3.63, 3.8) is 0 Å². The predicted molar refractivity (Wildman–Crippen MR) is 50.5 cm³/mol. The number of nitrogen functional groups attached to an aromatic ring is 1. The molecule has 4 heteroatoms. The summed E-state index contributed by atoms with van der Waals surface area (Å²) >= 11 is 0. The fourth-order valence-corrected chi connectivity index (χ4v) is 1.22. The third-order valence-electron chi connectivity index (χ3n) is 1.85. The van der Waals surface area contributed by atoms with Crippen LogP contribution in [0.25, 0.3) is 5.69 Å². The van der Waals surface area contributed by atoms with Gasteiger partial charge in [0.1, 0.15) is 12.7 Å². The minimum absolute atomic E-state index is 0.713. The molecule has 2 aromatic rings. The molecule has 13 heavy (non-hydrogen) atoms. The molecule has 2 rings (SSSR count). The van der Waals surface area contributed by atoms with Gasteiger partial charge in [-0.2, -0.15) is 5.10 Å². The van der Waals surface area contributed by atoms with E-state index in [1.165, 1.54) is 6.33 Å². The maximum Gasteiger partial charge on any atom is 0.138 e. The molecule has 0 aliphatic rings. The Kier molecular flexibility index (Phi) is 1.73. The van der Waals surface area contributed by atoms with Crippen molar-refractivity contribution in [2.45, 2.75) is 6.92 Å². The highest BCUT2D eigenvalue weighted by molar-refractivity contribution is 5.58. The quantitative estimate of drug-likeness (QED) is 0.660. The van der Waals surface area contributed by atoms with Crippen molar-refractivity contribution in [2.75, 3.05) is 5.73 Å². The normalized spacial score (nSPS) is 10.2. The summed E-state index contributed by atoms with van der Waals surface area (Å²) in [7, 11) is 0. The molecule has 0 aliphatic heterocycles. The van der Waals surface area contributed by atoms with Gasteiger partial charge in [-0.05, 0) is 24.6 Å². The first-order chi connectivity index (χ1) is 6.27. The van der Waals surface area contributed by atoms with Crippen LogP contribution in [0.1, 0.15) is 5.56 Å². The van der Waals surface area contributed by atoms with E-state index >= 15 is 0 Å². The van der Waals surface area contributed by atoms with E-state index in [1.807, 2.05) is 25.1 Å². The van der Waals surface area contributed by atoms with E-state index in [-0.39, 0.29) is 0 Å². The highest BCUT2D eigenvalue weighted by atomic mass is 15.3. The number of aromatic nitrogens is 3. The first kappa shape index (κ1) is 7.79. The Morgan fingerprint density at radius 2 is 2.23 bits per heavy atom. The molecule has 0 fully saturated rings. The van der Waals surface area contributed by atoms with Crippen LogP contribution >= 0.6 is 0 Å². The van der Waals surface area contributed by atoms with Crippen LogP contribution in [0.3, 0.4) is 0 Å². The van der Waals surface area contributed by atoms with Crippen LogP contribution in [0.2, 0.25) is 0 Å². The van der Waals surface area contributed by atoms with E-state index < -0.39 is 0 Å². The molecule has 66 valence electrons. The molecule has 0 amide bonds. The van der Waals surface area contributed by atoms with Crippen molar-refractivity contribution in [3.05, 3.63) is 36.4 Å². The van der Waals surface area contributed by atoms with Gasteiger partial charge in [0.15, 0.2) is 0 Å². The number of rotatable bonds is 1. The molecule has 0 spiro atoms. The summed E-state index contributed by atoms with van der Waals surface area (Å²) in [6.45, 7) is 2.00. The third kappa shape index (κ3) is 1.38. The topological polar surface area (TPSA) is 56.7 Å². The van der Waals surface area contributed by atoms with Crippen LogP contribution in [-0.4, -0.2) is 14.8 Å². The van der Waals surface area contributed by atoms with E-state index in [4.69, 9.17) is 5.73 Å². The maximum absolute atomic E-state index is 5.82. The van der Waals surface area contributed by atoms with Gasteiger partial charge in [0, 0.05) is 0 Å². The summed E-state index contributed by atoms with van der Waals surface area (Å²) in [5.41, 5.74) is 8.54. The van der Waals surface area contributed by atoms with Crippen LogP contribution in [-0.2, 0) is 0 Å². The third-order valence-corrected chi connectivity index (χ3v) is 1.85. The molecule has 1 aromatic carbocycles. The Balaban J connectivity index is 2.53. The van der Waals surface area contributed by atoms with Gasteiger partial charge in [-0.1, -0.05) is 6.07 Å². The van der Waals surface area contributed by atoms with Gasteiger partial charge in [0.2, 0.25) is 0 Å². The highest BCUT2D eigenvalue weighted by Gasteiger charge is 2.01. The Hall–Kier alpha value is -1.84. The van der Waals surface area contributed by atoms with E-state index in [0.29, 0.717) is 5.69 Å². The Labute approximate surface area is 76.0 Å². The second kappa shape index (κ2) is 2.90. The van der Waals surface area contributed by atoms with Gasteiger partial charge >= 0.3 is 0 Å². The monoisotopic (exact) mass is 174 g/mol. The van der Waals surface area contributed by atoms with Crippen molar-refractivity contribution < 1.29 is 0 Å². The van der Waals surface area contributed by atoms with E-state index in [2.05, 4.69) is 10.1 Å². The fraction of sp³-hybridized carbons (Fsp3) is 0.111. The summed E-state index contributed by atoms with van der Waals surface area (Å²) in [4.78, 5) is 3.86. The minimum Gasteiger partial charge on any atom is -0.397 e. The van der Waals surface area contributed by atoms with Gasteiger partial charge in [0.25, 0.3) is 0 Å². The molecule has 1 heterocycles. The molecular formula is C9H10N4.